The van der Waals surface area contributed by atoms with Gasteiger partial charge in [0.25, 0.3) is 0 Å². The number of halogens is 3. The minimum absolute atomic E-state index is 0.0225. The molecule has 1 aromatic rings. The molecule has 0 radical (unpaired) electrons. The number of sulfone groups is 1. The third-order valence-electron chi connectivity index (χ3n) is 3.53. The summed E-state index contributed by atoms with van der Waals surface area (Å²) < 4.78 is 62.7. The van der Waals surface area contributed by atoms with Crippen molar-refractivity contribution in [2.45, 2.75) is 19.4 Å². The fourth-order valence-electron chi connectivity index (χ4n) is 2.62. The molecule has 1 aliphatic heterocycles. The van der Waals surface area contributed by atoms with Gasteiger partial charge in [-0.1, -0.05) is 6.92 Å². The Morgan fingerprint density at radius 2 is 1.90 bits per heavy atom. The van der Waals surface area contributed by atoms with Gasteiger partial charge in [0.1, 0.15) is 0 Å². The minimum Gasteiger partial charge on any atom is -0.310 e. The van der Waals surface area contributed by atoms with Gasteiger partial charge in [0.2, 0.25) is 0 Å². The van der Waals surface area contributed by atoms with E-state index in [1.165, 1.54) is 0 Å². The predicted octanol–water partition coefficient (Wildman–Crippen LogP) is 2.19. The Kier molecular flexibility index (Phi) is 4.39. The van der Waals surface area contributed by atoms with E-state index in [0.717, 1.165) is 12.1 Å². The van der Waals surface area contributed by atoms with Crippen molar-refractivity contribution in [3.63, 3.8) is 0 Å². The lowest BCUT2D eigenvalue weighted by Gasteiger charge is -2.24. The third kappa shape index (κ3) is 3.15. The molecule has 0 aromatic heterocycles. The molecule has 1 aromatic carbocycles. The maximum atomic E-state index is 13.3. The number of hydrogen-bond donors (Lipinski definition) is 1. The molecule has 2 unspecified atom stereocenters. The van der Waals surface area contributed by atoms with Gasteiger partial charge in [0.05, 0.1) is 11.5 Å². The molecule has 0 saturated carbocycles. The van der Waals surface area contributed by atoms with E-state index in [4.69, 9.17) is 0 Å². The number of hydrogen-bond acceptors (Lipinski definition) is 3. The van der Waals surface area contributed by atoms with E-state index < -0.39 is 33.3 Å². The lowest BCUT2D eigenvalue weighted by atomic mass is 9.92. The molecule has 2 atom stereocenters. The monoisotopic (exact) mass is 307 g/mol. The number of nitrogens with one attached hydrogen (secondary N) is 1. The Labute approximate surface area is 116 Å². The van der Waals surface area contributed by atoms with E-state index >= 15 is 0 Å². The molecule has 1 N–H and O–H groups in total. The van der Waals surface area contributed by atoms with Gasteiger partial charge in [-0.2, -0.15) is 0 Å². The molecular weight excluding hydrogens is 291 g/mol. The van der Waals surface area contributed by atoms with Crippen LogP contribution in [0.2, 0.25) is 0 Å². The van der Waals surface area contributed by atoms with Gasteiger partial charge in [-0.15, -0.1) is 0 Å². The van der Waals surface area contributed by atoms with Crippen molar-refractivity contribution in [1.82, 2.24) is 5.32 Å². The van der Waals surface area contributed by atoms with Crippen LogP contribution in [0.3, 0.4) is 0 Å². The Hall–Kier alpha value is -1.08. The Morgan fingerprint density at radius 1 is 1.30 bits per heavy atom. The molecule has 1 fully saturated rings. The van der Waals surface area contributed by atoms with Crippen molar-refractivity contribution in [3.05, 3.63) is 35.1 Å². The average Bonchev–Trinajstić information content (AvgIpc) is 2.72. The second kappa shape index (κ2) is 5.73. The van der Waals surface area contributed by atoms with Gasteiger partial charge < -0.3 is 5.32 Å². The first kappa shape index (κ1) is 15.3. The lowest BCUT2D eigenvalue weighted by Crippen LogP contribution is -2.29. The molecule has 112 valence electrons. The van der Waals surface area contributed by atoms with Crippen LogP contribution in [-0.4, -0.2) is 26.5 Å². The quantitative estimate of drug-likeness (QED) is 0.867. The first-order valence-electron chi connectivity index (χ1n) is 6.42. The summed E-state index contributed by atoms with van der Waals surface area (Å²) in [6.45, 7) is 2.33. The second-order valence-corrected chi connectivity index (χ2v) is 7.23. The van der Waals surface area contributed by atoms with Crippen LogP contribution in [0.15, 0.2) is 12.1 Å². The first-order chi connectivity index (χ1) is 9.34. The summed E-state index contributed by atoms with van der Waals surface area (Å²) in [5.41, 5.74) is 0.241. The van der Waals surface area contributed by atoms with Crippen molar-refractivity contribution in [1.29, 1.82) is 0 Å². The molecule has 1 heterocycles. The van der Waals surface area contributed by atoms with Crippen LogP contribution < -0.4 is 5.32 Å². The van der Waals surface area contributed by atoms with Crippen LogP contribution in [-0.2, 0) is 9.84 Å². The van der Waals surface area contributed by atoms with Crippen LogP contribution in [0, 0.1) is 23.4 Å². The van der Waals surface area contributed by atoms with E-state index in [-0.39, 0.29) is 23.0 Å². The van der Waals surface area contributed by atoms with Gasteiger partial charge >= 0.3 is 0 Å². The first-order valence-corrected chi connectivity index (χ1v) is 8.24. The summed E-state index contributed by atoms with van der Waals surface area (Å²) in [7, 11) is -3.10. The van der Waals surface area contributed by atoms with E-state index in [9.17, 15) is 21.6 Å². The van der Waals surface area contributed by atoms with Crippen molar-refractivity contribution in [3.8, 4) is 0 Å². The van der Waals surface area contributed by atoms with E-state index in [0.29, 0.717) is 13.0 Å². The Bertz CT molecular complexity index is 581. The molecule has 0 spiro atoms. The molecule has 0 aliphatic carbocycles. The maximum absolute atomic E-state index is 13.3. The molecule has 20 heavy (non-hydrogen) atoms. The van der Waals surface area contributed by atoms with E-state index in [1.807, 2.05) is 6.92 Å². The molecule has 2 rings (SSSR count). The molecular formula is C13H16F3NO2S. The highest BCUT2D eigenvalue weighted by atomic mass is 32.2. The largest absolute Gasteiger partial charge is 0.310 e. The smallest absolute Gasteiger partial charge is 0.194 e. The maximum Gasteiger partial charge on any atom is 0.194 e. The average molecular weight is 307 g/mol. The fraction of sp³-hybridized carbons (Fsp3) is 0.538. The molecule has 1 saturated heterocycles. The van der Waals surface area contributed by atoms with Gasteiger partial charge in [-0.3, -0.25) is 0 Å². The van der Waals surface area contributed by atoms with Gasteiger partial charge in [0, 0.05) is 6.04 Å². The van der Waals surface area contributed by atoms with Crippen molar-refractivity contribution in [2.75, 3.05) is 18.1 Å². The van der Waals surface area contributed by atoms with Gasteiger partial charge in [-0.05, 0) is 36.6 Å². The van der Waals surface area contributed by atoms with Crippen LogP contribution in [0.4, 0.5) is 13.2 Å². The molecule has 7 heteroatoms. The fourth-order valence-corrected chi connectivity index (χ4v) is 4.46. The summed E-state index contributed by atoms with van der Waals surface area (Å²) in [6, 6.07) is 1.36. The van der Waals surface area contributed by atoms with Crippen molar-refractivity contribution >= 4 is 9.84 Å². The van der Waals surface area contributed by atoms with Crippen LogP contribution >= 0.6 is 0 Å². The molecule has 0 bridgehead atoms. The standard InChI is InChI=1S/C13H16F3NO2S/c1-2-17-13(8-3-4-20(18,19)7-8)9-5-10(14)12(16)11(15)6-9/h5-6,8,13,17H,2-4,7H2,1H3. The lowest BCUT2D eigenvalue weighted by molar-refractivity contribution is 0.389. The molecule has 1 aliphatic rings. The Balaban J connectivity index is 2.34. The summed E-state index contributed by atoms with van der Waals surface area (Å²) in [5.74, 6) is -4.24. The number of rotatable bonds is 4. The van der Waals surface area contributed by atoms with Crippen LogP contribution in [0.5, 0.6) is 0 Å². The highest BCUT2D eigenvalue weighted by Gasteiger charge is 2.34. The zero-order valence-corrected chi connectivity index (χ0v) is 11.8. The molecule has 0 amide bonds. The Morgan fingerprint density at radius 3 is 2.35 bits per heavy atom. The van der Waals surface area contributed by atoms with Gasteiger partial charge in [-0.25, -0.2) is 21.6 Å². The molecule has 3 nitrogen and oxygen atoms in total. The van der Waals surface area contributed by atoms with Crippen LogP contribution in [0.1, 0.15) is 24.9 Å². The number of benzene rings is 1. The normalized spacial score (nSPS) is 22.9. The SMILES string of the molecule is CCNC(c1cc(F)c(F)c(F)c1)C1CCS(=O)(=O)C1. The zero-order chi connectivity index (χ0) is 14.9. The third-order valence-corrected chi connectivity index (χ3v) is 5.32. The van der Waals surface area contributed by atoms with E-state index in [1.54, 1.807) is 0 Å². The zero-order valence-electron chi connectivity index (χ0n) is 11.0. The highest BCUT2D eigenvalue weighted by molar-refractivity contribution is 7.91. The summed E-state index contributed by atoms with van der Waals surface area (Å²) in [6.07, 6.45) is 0.431. The second-order valence-electron chi connectivity index (χ2n) is 5.00. The summed E-state index contributed by atoms with van der Waals surface area (Å²) in [5, 5.41) is 3.03. The predicted molar refractivity (Wildman–Crippen MR) is 69.5 cm³/mol. The van der Waals surface area contributed by atoms with Gasteiger partial charge in [0.15, 0.2) is 27.3 Å². The topological polar surface area (TPSA) is 46.2 Å². The van der Waals surface area contributed by atoms with Crippen molar-refractivity contribution in [2.24, 2.45) is 5.92 Å². The minimum atomic E-state index is -3.10. The van der Waals surface area contributed by atoms with Crippen molar-refractivity contribution < 1.29 is 21.6 Å². The summed E-state index contributed by atoms with van der Waals surface area (Å²) >= 11 is 0. The summed E-state index contributed by atoms with van der Waals surface area (Å²) in [4.78, 5) is 0. The highest BCUT2D eigenvalue weighted by Crippen LogP contribution is 2.32. The van der Waals surface area contributed by atoms with E-state index in [2.05, 4.69) is 5.32 Å². The van der Waals surface area contributed by atoms with Crippen LogP contribution in [0.25, 0.3) is 0 Å².